The Morgan fingerprint density at radius 1 is 1.05 bits per heavy atom. The van der Waals surface area contributed by atoms with Crippen molar-refractivity contribution in [3.63, 3.8) is 0 Å². The van der Waals surface area contributed by atoms with Crippen molar-refractivity contribution in [2.24, 2.45) is 40.9 Å². The van der Waals surface area contributed by atoms with Gasteiger partial charge in [0.05, 0.1) is 19.8 Å². The first-order chi connectivity index (χ1) is 18.5. The molecule has 0 radical (unpaired) electrons. The molecule has 0 amide bonds. The number of hydrogen-bond donors (Lipinski definition) is 0. The number of hydrogen-bond acceptors (Lipinski definition) is 7. The number of aromatic nitrogens is 2. The van der Waals surface area contributed by atoms with Crippen LogP contribution in [0.25, 0.3) is 0 Å². The minimum Gasteiger partial charge on any atom is -0.470 e. The van der Waals surface area contributed by atoms with Crippen LogP contribution in [0.3, 0.4) is 0 Å². The summed E-state index contributed by atoms with van der Waals surface area (Å²) >= 11 is 5.61. The highest BCUT2D eigenvalue weighted by atomic mass is 32.1. The summed E-state index contributed by atoms with van der Waals surface area (Å²) in [6.07, 6.45) is 17.8. The third-order valence-electron chi connectivity index (χ3n) is 11.2. The van der Waals surface area contributed by atoms with E-state index in [-0.39, 0.29) is 23.3 Å². The largest absolute Gasteiger partial charge is 0.470 e. The first-order valence-electron chi connectivity index (χ1n) is 15.1. The van der Waals surface area contributed by atoms with E-state index < -0.39 is 0 Å². The Morgan fingerprint density at radius 2 is 1.84 bits per heavy atom. The van der Waals surface area contributed by atoms with Crippen LogP contribution < -0.4 is 0 Å². The van der Waals surface area contributed by atoms with Crippen molar-refractivity contribution in [2.45, 2.75) is 96.4 Å². The van der Waals surface area contributed by atoms with Gasteiger partial charge in [0, 0.05) is 31.2 Å². The summed E-state index contributed by atoms with van der Waals surface area (Å²) in [5.41, 5.74) is 0.122. The molecule has 5 aliphatic rings. The SMILES string of the molecule is CCC12CC[C@H]3C(C[C@@H](COC(=S)n4ccnc4)[C@H]4C[C@@H](OC(C)=O)CCCC[C@H]43)[C@@H]1CCC21OCCO1. The molecule has 210 valence electrons. The van der Waals surface area contributed by atoms with Crippen molar-refractivity contribution in [3.8, 4) is 0 Å². The zero-order chi connectivity index (χ0) is 26.3. The second-order valence-electron chi connectivity index (χ2n) is 12.6. The van der Waals surface area contributed by atoms with Gasteiger partial charge in [0.25, 0.3) is 5.17 Å². The first kappa shape index (κ1) is 26.7. The summed E-state index contributed by atoms with van der Waals surface area (Å²) in [5.74, 6) is 2.97. The van der Waals surface area contributed by atoms with Crippen molar-refractivity contribution in [3.05, 3.63) is 18.7 Å². The van der Waals surface area contributed by atoms with Crippen LogP contribution in [0.15, 0.2) is 18.7 Å². The fourth-order valence-electron chi connectivity index (χ4n) is 9.87. The molecule has 1 aliphatic heterocycles. The van der Waals surface area contributed by atoms with E-state index in [1.54, 1.807) is 24.0 Å². The Bertz CT molecular complexity index is 995. The van der Waals surface area contributed by atoms with Crippen molar-refractivity contribution in [2.75, 3.05) is 19.8 Å². The summed E-state index contributed by atoms with van der Waals surface area (Å²) in [4.78, 5) is 16.1. The lowest BCUT2D eigenvalue weighted by molar-refractivity contribution is -0.252. The molecule has 6 rings (SSSR count). The Labute approximate surface area is 232 Å². The molecule has 2 heterocycles. The van der Waals surface area contributed by atoms with Crippen molar-refractivity contribution < 1.29 is 23.7 Å². The zero-order valence-electron chi connectivity index (χ0n) is 23.0. The number of rotatable bonds is 4. The van der Waals surface area contributed by atoms with E-state index in [0.717, 1.165) is 51.7 Å². The number of imidazole rings is 1. The van der Waals surface area contributed by atoms with Crippen LogP contribution in [0, 0.1) is 40.9 Å². The molecule has 5 fully saturated rings. The van der Waals surface area contributed by atoms with Crippen LogP contribution in [0.2, 0.25) is 0 Å². The number of esters is 1. The average Bonchev–Trinajstić information content (AvgIpc) is 3.66. The number of carbonyl (C=O) groups excluding carboxylic acids is 1. The first-order valence-corrected chi connectivity index (χ1v) is 15.5. The van der Waals surface area contributed by atoms with E-state index in [0.29, 0.717) is 47.3 Å². The predicted octanol–water partition coefficient (Wildman–Crippen LogP) is 5.76. The number of ether oxygens (including phenoxy) is 4. The standard InChI is InChI=1S/C30H44N2O5S/c1-3-29-10-8-24-23-7-5-4-6-22(37-20(2)33)17-25(23)21(18-34-28(38)32-13-12-31-19-32)16-26(24)27(29)9-11-30(29)35-14-15-36-30/h12-13,19,21-27H,3-11,14-18H2,1-2H3/t21-,22-,23-,24+,25+,26?,27-,29?/m0/s1. The van der Waals surface area contributed by atoms with Gasteiger partial charge in [-0.2, -0.15) is 0 Å². The quantitative estimate of drug-likeness (QED) is 0.353. The molecule has 1 aromatic heterocycles. The van der Waals surface area contributed by atoms with Crippen molar-refractivity contribution >= 4 is 23.4 Å². The molecule has 8 atom stereocenters. The van der Waals surface area contributed by atoms with Crippen LogP contribution in [0.5, 0.6) is 0 Å². The molecule has 4 aliphatic carbocycles. The van der Waals surface area contributed by atoms with Gasteiger partial charge < -0.3 is 18.9 Å². The Balaban J connectivity index is 1.29. The summed E-state index contributed by atoms with van der Waals surface area (Å²) in [6, 6.07) is 0. The summed E-state index contributed by atoms with van der Waals surface area (Å²) < 4.78 is 26.9. The third kappa shape index (κ3) is 4.52. The van der Waals surface area contributed by atoms with Gasteiger partial charge in [-0.05, 0) is 106 Å². The fraction of sp³-hybridized carbons (Fsp3) is 0.833. The third-order valence-corrected chi connectivity index (χ3v) is 11.6. The second-order valence-corrected chi connectivity index (χ2v) is 12.9. The van der Waals surface area contributed by atoms with Gasteiger partial charge in [-0.25, -0.2) is 4.98 Å². The highest BCUT2D eigenvalue weighted by Gasteiger charge is 2.67. The van der Waals surface area contributed by atoms with E-state index in [1.807, 2.05) is 6.20 Å². The minimum atomic E-state index is -0.370. The van der Waals surface area contributed by atoms with Gasteiger partial charge in [-0.15, -0.1) is 0 Å². The molecule has 0 N–H and O–H groups in total. The Morgan fingerprint density at radius 3 is 2.58 bits per heavy atom. The molecule has 38 heavy (non-hydrogen) atoms. The number of nitrogens with zero attached hydrogens (tertiary/aromatic N) is 2. The topological polar surface area (TPSA) is 71.8 Å². The lowest BCUT2D eigenvalue weighted by Gasteiger charge is -2.59. The van der Waals surface area contributed by atoms with Crippen LogP contribution in [-0.4, -0.2) is 52.4 Å². The normalized spacial score (nSPS) is 39.9. The van der Waals surface area contributed by atoms with Gasteiger partial charge in [0.2, 0.25) is 0 Å². The van der Waals surface area contributed by atoms with Crippen LogP contribution in [0.1, 0.15) is 84.5 Å². The molecule has 1 spiro atoms. The summed E-state index contributed by atoms with van der Waals surface area (Å²) in [6.45, 7) is 5.98. The smallest absolute Gasteiger partial charge is 0.302 e. The summed E-state index contributed by atoms with van der Waals surface area (Å²) in [7, 11) is 0. The van der Waals surface area contributed by atoms with Crippen molar-refractivity contribution in [1.29, 1.82) is 0 Å². The molecule has 1 saturated heterocycles. The van der Waals surface area contributed by atoms with E-state index in [4.69, 9.17) is 31.2 Å². The maximum absolute atomic E-state index is 11.9. The lowest BCUT2D eigenvalue weighted by atomic mass is 9.48. The lowest BCUT2D eigenvalue weighted by Crippen LogP contribution is -2.56. The molecule has 4 saturated carbocycles. The fourth-order valence-corrected chi connectivity index (χ4v) is 10.0. The molecular formula is C30H44N2O5S. The highest BCUT2D eigenvalue weighted by Crippen LogP contribution is 2.68. The maximum atomic E-state index is 11.9. The second kappa shape index (κ2) is 10.8. The molecule has 1 aromatic rings. The Kier molecular flexibility index (Phi) is 7.60. The minimum absolute atomic E-state index is 0.00770. The highest BCUT2D eigenvalue weighted by molar-refractivity contribution is 7.80. The molecule has 0 aromatic carbocycles. The van der Waals surface area contributed by atoms with Gasteiger partial charge in [0.15, 0.2) is 5.79 Å². The summed E-state index contributed by atoms with van der Waals surface area (Å²) in [5, 5.41) is 0.461. The van der Waals surface area contributed by atoms with Gasteiger partial charge in [-0.1, -0.05) is 13.3 Å². The number of thiocarbonyl (C=S) groups is 1. The van der Waals surface area contributed by atoms with E-state index in [2.05, 4.69) is 11.9 Å². The molecule has 8 heteroatoms. The van der Waals surface area contributed by atoms with Crippen molar-refractivity contribution in [1.82, 2.24) is 9.55 Å². The van der Waals surface area contributed by atoms with Gasteiger partial charge >= 0.3 is 5.97 Å². The average molecular weight is 545 g/mol. The van der Waals surface area contributed by atoms with E-state index in [1.165, 1.54) is 32.1 Å². The van der Waals surface area contributed by atoms with Crippen LogP contribution >= 0.6 is 12.2 Å². The molecule has 7 nitrogen and oxygen atoms in total. The van der Waals surface area contributed by atoms with Crippen LogP contribution in [-0.2, 0) is 23.7 Å². The Hall–Kier alpha value is -1.51. The monoisotopic (exact) mass is 544 g/mol. The predicted molar refractivity (Wildman–Crippen MR) is 146 cm³/mol. The van der Waals surface area contributed by atoms with Gasteiger partial charge in [-0.3, -0.25) is 9.36 Å². The van der Waals surface area contributed by atoms with E-state index in [9.17, 15) is 4.79 Å². The number of fused-ring (bicyclic) bond motifs is 6. The van der Waals surface area contributed by atoms with E-state index >= 15 is 0 Å². The van der Waals surface area contributed by atoms with Crippen LogP contribution in [0.4, 0.5) is 0 Å². The van der Waals surface area contributed by atoms with Gasteiger partial charge in [0.1, 0.15) is 12.4 Å². The maximum Gasteiger partial charge on any atom is 0.302 e. The molecule has 2 unspecified atom stereocenters. The zero-order valence-corrected chi connectivity index (χ0v) is 23.8. The number of carbonyl (C=O) groups is 1. The molecule has 0 bridgehead atoms. The molecular weight excluding hydrogens is 500 g/mol.